The van der Waals surface area contributed by atoms with Crippen LogP contribution in [0.15, 0.2) is 71.6 Å². The number of nitrogens with zero attached hydrogens (tertiary/aromatic N) is 1. The number of hydrogen-bond donors (Lipinski definition) is 1. The van der Waals surface area contributed by atoms with Gasteiger partial charge in [-0.15, -0.1) is 11.3 Å². The van der Waals surface area contributed by atoms with Crippen molar-refractivity contribution in [2.45, 2.75) is 38.0 Å². The molecular formula is C24H24N2O2S2. The number of para-hydroxylation sites is 1. The van der Waals surface area contributed by atoms with Gasteiger partial charge in [-0.05, 0) is 61.2 Å². The van der Waals surface area contributed by atoms with Gasteiger partial charge in [0.25, 0.3) is 10.0 Å². The summed E-state index contributed by atoms with van der Waals surface area (Å²) in [5.41, 5.74) is 4.21. The van der Waals surface area contributed by atoms with Crippen LogP contribution in [0.5, 0.6) is 0 Å². The van der Waals surface area contributed by atoms with Crippen molar-refractivity contribution in [1.29, 1.82) is 0 Å². The number of thiazole rings is 1. The van der Waals surface area contributed by atoms with Gasteiger partial charge in [-0.2, -0.15) is 0 Å². The molecule has 0 aliphatic heterocycles. The molecule has 6 heteroatoms. The van der Waals surface area contributed by atoms with E-state index in [1.807, 2.05) is 67.6 Å². The summed E-state index contributed by atoms with van der Waals surface area (Å²) in [4.78, 5) is 4.93. The van der Waals surface area contributed by atoms with Crippen LogP contribution in [0.3, 0.4) is 0 Å². The highest BCUT2D eigenvalue weighted by Crippen LogP contribution is 2.32. The van der Waals surface area contributed by atoms with E-state index >= 15 is 0 Å². The molecule has 0 amide bonds. The molecule has 0 fully saturated rings. The minimum Gasteiger partial charge on any atom is -0.280 e. The first-order valence-corrected chi connectivity index (χ1v) is 12.3. The molecule has 0 bridgehead atoms. The van der Waals surface area contributed by atoms with E-state index in [0.29, 0.717) is 11.3 Å². The normalized spacial score (nSPS) is 11.7. The Morgan fingerprint density at radius 1 is 1.00 bits per heavy atom. The number of fused-ring (bicyclic) bond motifs is 1. The third-order valence-electron chi connectivity index (χ3n) is 5.04. The van der Waals surface area contributed by atoms with Gasteiger partial charge in [-0.25, -0.2) is 13.4 Å². The van der Waals surface area contributed by atoms with Crippen LogP contribution in [-0.2, 0) is 16.4 Å². The largest absolute Gasteiger partial charge is 0.280 e. The molecule has 30 heavy (non-hydrogen) atoms. The Labute approximate surface area is 181 Å². The summed E-state index contributed by atoms with van der Waals surface area (Å²) in [5, 5.41) is 0.813. The van der Waals surface area contributed by atoms with Gasteiger partial charge in [0.15, 0.2) is 0 Å². The summed E-state index contributed by atoms with van der Waals surface area (Å²) in [7, 11) is -3.71. The molecule has 1 heterocycles. The van der Waals surface area contributed by atoms with E-state index in [9.17, 15) is 8.42 Å². The number of nitrogens with one attached hydrogen (secondary N) is 1. The number of aromatic nitrogens is 1. The predicted octanol–water partition coefficient (Wildman–Crippen LogP) is 6.42. The summed E-state index contributed by atoms with van der Waals surface area (Å²) in [6.45, 7) is 3.97. The Morgan fingerprint density at radius 2 is 1.77 bits per heavy atom. The van der Waals surface area contributed by atoms with Gasteiger partial charge < -0.3 is 0 Å². The number of benzene rings is 3. The second-order valence-corrected chi connectivity index (χ2v) is 10.1. The van der Waals surface area contributed by atoms with Crippen LogP contribution in [0, 0.1) is 6.92 Å². The molecule has 0 aliphatic carbocycles. The molecule has 0 unspecified atom stereocenters. The Morgan fingerprint density at radius 3 is 2.50 bits per heavy atom. The highest BCUT2D eigenvalue weighted by atomic mass is 32.2. The number of unbranched alkanes of at least 4 members (excludes halogenated alkanes) is 1. The maximum atomic E-state index is 13.1. The van der Waals surface area contributed by atoms with Crippen molar-refractivity contribution < 1.29 is 8.42 Å². The second-order valence-electron chi connectivity index (χ2n) is 7.37. The molecule has 0 saturated heterocycles. The minimum absolute atomic E-state index is 0.273. The van der Waals surface area contributed by atoms with Crippen LogP contribution in [-0.4, -0.2) is 13.4 Å². The van der Waals surface area contributed by atoms with E-state index in [1.165, 1.54) is 5.56 Å². The Bertz CT molecular complexity index is 1240. The van der Waals surface area contributed by atoms with Gasteiger partial charge in [-0.1, -0.05) is 49.7 Å². The monoisotopic (exact) mass is 436 g/mol. The van der Waals surface area contributed by atoms with Crippen molar-refractivity contribution >= 4 is 37.3 Å². The van der Waals surface area contributed by atoms with Gasteiger partial charge >= 0.3 is 0 Å². The third kappa shape index (κ3) is 4.40. The number of sulfonamides is 1. The molecule has 4 aromatic rings. The van der Waals surface area contributed by atoms with Crippen molar-refractivity contribution in [3.05, 3.63) is 77.9 Å². The fourth-order valence-electron chi connectivity index (χ4n) is 3.35. The molecule has 0 saturated carbocycles. The van der Waals surface area contributed by atoms with E-state index < -0.39 is 10.0 Å². The van der Waals surface area contributed by atoms with E-state index in [4.69, 9.17) is 0 Å². The lowest BCUT2D eigenvalue weighted by atomic mass is 10.1. The molecule has 0 atom stereocenters. The quantitative estimate of drug-likeness (QED) is 0.364. The summed E-state index contributed by atoms with van der Waals surface area (Å²) >= 11 is 1.56. The first kappa shape index (κ1) is 20.6. The molecule has 1 aromatic heterocycles. The minimum atomic E-state index is -3.71. The topological polar surface area (TPSA) is 59.1 Å². The van der Waals surface area contributed by atoms with Gasteiger partial charge in [0.05, 0.1) is 15.1 Å². The molecule has 0 radical (unpaired) electrons. The number of rotatable bonds is 7. The molecule has 0 spiro atoms. The molecule has 1 N–H and O–H groups in total. The standard InChI is InChI=1S/C24H24N2O2S2/c1-3-4-7-18-11-14-20(15-12-18)26-30(27,28)23-16-19(13-10-17(23)2)24-25-21-8-5-6-9-22(21)29-24/h5-6,8-16,26H,3-4,7H2,1-2H3. The molecule has 154 valence electrons. The number of aryl methyl sites for hydroxylation is 2. The molecule has 0 aliphatic rings. The van der Waals surface area contributed by atoms with Gasteiger partial charge in [0.1, 0.15) is 5.01 Å². The van der Waals surface area contributed by atoms with Crippen LogP contribution in [0.1, 0.15) is 30.9 Å². The summed E-state index contributed by atoms with van der Waals surface area (Å²) in [5.74, 6) is 0. The van der Waals surface area contributed by atoms with Crippen LogP contribution >= 0.6 is 11.3 Å². The van der Waals surface area contributed by atoms with E-state index in [0.717, 1.165) is 40.1 Å². The van der Waals surface area contributed by atoms with E-state index in [2.05, 4.69) is 16.6 Å². The summed E-state index contributed by atoms with van der Waals surface area (Å²) in [6.07, 6.45) is 3.27. The average molecular weight is 437 g/mol. The average Bonchev–Trinajstić information content (AvgIpc) is 3.17. The second kappa shape index (κ2) is 8.58. The first-order chi connectivity index (χ1) is 14.5. The Balaban J connectivity index is 1.62. The van der Waals surface area contributed by atoms with Crippen LogP contribution in [0.4, 0.5) is 5.69 Å². The third-order valence-corrected chi connectivity index (χ3v) is 7.65. The lowest BCUT2D eigenvalue weighted by Gasteiger charge is -2.12. The molecular weight excluding hydrogens is 412 g/mol. The molecule has 3 aromatic carbocycles. The number of anilines is 1. The van der Waals surface area contributed by atoms with E-state index in [1.54, 1.807) is 17.4 Å². The molecule has 4 nitrogen and oxygen atoms in total. The van der Waals surface area contributed by atoms with Crippen LogP contribution in [0.2, 0.25) is 0 Å². The lowest BCUT2D eigenvalue weighted by molar-refractivity contribution is 0.600. The van der Waals surface area contributed by atoms with Gasteiger partial charge in [0.2, 0.25) is 0 Å². The fourth-order valence-corrected chi connectivity index (χ4v) is 5.64. The fraction of sp³-hybridized carbons (Fsp3) is 0.208. The van der Waals surface area contributed by atoms with Crippen molar-refractivity contribution in [2.24, 2.45) is 0 Å². The zero-order valence-electron chi connectivity index (χ0n) is 17.1. The van der Waals surface area contributed by atoms with Crippen molar-refractivity contribution in [3.8, 4) is 10.6 Å². The predicted molar refractivity (Wildman–Crippen MR) is 126 cm³/mol. The maximum absolute atomic E-state index is 13.1. The van der Waals surface area contributed by atoms with Gasteiger partial charge in [0, 0.05) is 11.3 Å². The van der Waals surface area contributed by atoms with Crippen LogP contribution < -0.4 is 4.72 Å². The van der Waals surface area contributed by atoms with E-state index in [-0.39, 0.29) is 4.90 Å². The lowest BCUT2D eigenvalue weighted by Crippen LogP contribution is -2.14. The summed E-state index contributed by atoms with van der Waals surface area (Å²) < 4.78 is 30.0. The summed E-state index contributed by atoms with van der Waals surface area (Å²) in [6, 6.07) is 21.0. The first-order valence-electron chi connectivity index (χ1n) is 10.0. The SMILES string of the molecule is CCCCc1ccc(NS(=O)(=O)c2cc(-c3nc4ccccc4s3)ccc2C)cc1. The molecule has 4 rings (SSSR count). The van der Waals surface area contributed by atoms with Crippen molar-refractivity contribution in [2.75, 3.05) is 4.72 Å². The highest BCUT2D eigenvalue weighted by molar-refractivity contribution is 7.92. The van der Waals surface area contributed by atoms with Crippen LogP contribution in [0.25, 0.3) is 20.8 Å². The zero-order valence-corrected chi connectivity index (χ0v) is 18.7. The maximum Gasteiger partial charge on any atom is 0.262 e. The van der Waals surface area contributed by atoms with Gasteiger partial charge in [-0.3, -0.25) is 4.72 Å². The Hall–Kier alpha value is -2.70. The van der Waals surface area contributed by atoms with Crippen molar-refractivity contribution in [1.82, 2.24) is 4.98 Å². The van der Waals surface area contributed by atoms with Crippen molar-refractivity contribution in [3.63, 3.8) is 0 Å². The smallest absolute Gasteiger partial charge is 0.262 e. The Kier molecular flexibility index (Phi) is 5.88. The number of hydrogen-bond acceptors (Lipinski definition) is 4. The zero-order chi connectivity index (χ0) is 21.1. The highest BCUT2D eigenvalue weighted by Gasteiger charge is 2.19.